The Hall–Kier alpha value is 0.270. The number of rotatable bonds is 4. The Labute approximate surface area is 79.6 Å². The molecule has 1 fully saturated rings. The van der Waals surface area contributed by atoms with Crippen LogP contribution in [0, 0.1) is 0 Å². The second-order valence-corrected chi connectivity index (χ2v) is 4.99. The highest BCUT2D eigenvalue weighted by molar-refractivity contribution is 7.99. The van der Waals surface area contributed by atoms with Crippen LogP contribution in [0.2, 0.25) is 0 Å². The summed E-state index contributed by atoms with van der Waals surface area (Å²) in [6.45, 7) is 2.13. The Morgan fingerprint density at radius 1 is 1.42 bits per heavy atom. The van der Waals surface area contributed by atoms with Gasteiger partial charge in [0.1, 0.15) is 0 Å². The lowest BCUT2D eigenvalue weighted by Gasteiger charge is -2.22. The Bertz CT molecular complexity index is 113. The second kappa shape index (κ2) is 5.84. The molecule has 1 rings (SSSR count). The fourth-order valence-electron chi connectivity index (χ4n) is 1.56. The number of hydrogen-bond acceptors (Lipinski definition) is 3. The molecule has 0 radical (unpaired) electrons. The molecular formula is C9H20N2S. The quantitative estimate of drug-likeness (QED) is 0.523. The van der Waals surface area contributed by atoms with Crippen LogP contribution in [0.1, 0.15) is 39.0 Å². The maximum atomic E-state index is 5.32. The van der Waals surface area contributed by atoms with Crippen molar-refractivity contribution in [2.75, 3.05) is 5.75 Å². The largest absolute Gasteiger partial charge is 0.271 e. The molecule has 0 spiro atoms. The normalized spacial score (nSPS) is 22.5. The Balaban J connectivity index is 2.05. The molecule has 1 unspecified atom stereocenters. The number of nitrogens with two attached hydrogens (primary N) is 1. The molecule has 2 nitrogen and oxygen atoms in total. The minimum Gasteiger partial charge on any atom is -0.271 e. The first-order valence-corrected chi connectivity index (χ1v) is 5.95. The molecule has 1 atom stereocenters. The summed E-state index contributed by atoms with van der Waals surface area (Å²) in [5.74, 6) is 6.48. The van der Waals surface area contributed by atoms with Crippen molar-refractivity contribution in [3.8, 4) is 0 Å². The average Bonchev–Trinajstić information content (AvgIpc) is 2.16. The molecule has 0 bridgehead atoms. The van der Waals surface area contributed by atoms with Gasteiger partial charge in [-0.05, 0) is 19.8 Å². The molecule has 0 aromatic heterocycles. The predicted octanol–water partition coefficient (Wildman–Crippen LogP) is 1.90. The maximum absolute atomic E-state index is 5.32. The molecule has 0 saturated heterocycles. The SMILES string of the molecule is CC(CSC1CCCCC1)NN. The van der Waals surface area contributed by atoms with Crippen molar-refractivity contribution < 1.29 is 0 Å². The molecule has 3 N–H and O–H groups in total. The monoisotopic (exact) mass is 188 g/mol. The van der Waals surface area contributed by atoms with E-state index in [4.69, 9.17) is 5.84 Å². The minimum absolute atomic E-state index is 0.455. The third-order valence-corrected chi connectivity index (χ3v) is 4.05. The smallest absolute Gasteiger partial charge is 0.0272 e. The number of hydrazine groups is 1. The first-order valence-electron chi connectivity index (χ1n) is 4.90. The van der Waals surface area contributed by atoms with Crippen LogP contribution in [0.5, 0.6) is 0 Å². The van der Waals surface area contributed by atoms with Crippen molar-refractivity contribution in [3.63, 3.8) is 0 Å². The molecule has 0 aromatic carbocycles. The summed E-state index contributed by atoms with van der Waals surface area (Å²) >= 11 is 2.09. The molecule has 3 heteroatoms. The molecule has 1 aliphatic rings. The molecular weight excluding hydrogens is 168 g/mol. The molecule has 72 valence electrons. The maximum Gasteiger partial charge on any atom is 0.0272 e. The number of thioether (sulfide) groups is 1. The third-order valence-electron chi connectivity index (χ3n) is 2.42. The second-order valence-electron chi connectivity index (χ2n) is 3.66. The van der Waals surface area contributed by atoms with Gasteiger partial charge in [-0.1, -0.05) is 19.3 Å². The van der Waals surface area contributed by atoms with Crippen molar-refractivity contribution >= 4 is 11.8 Å². The fraction of sp³-hybridized carbons (Fsp3) is 1.00. The van der Waals surface area contributed by atoms with Crippen LogP contribution < -0.4 is 11.3 Å². The van der Waals surface area contributed by atoms with Gasteiger partial charge in [-0.15, -0.1) is 0 Å². The first-order chi connectivity index (χ1) is 5.83. The van der Waals surface area contributed by atoms with E-state index in [-0.39, 0.29) is 0 Å². The van der Waals surface area contributed by atoms with Gasteiger partial charge in [0.2, 0.25) is 0 Å². The van der Waals surface area contributed by atoms with Crippen LogP contribution in [-0.4, -0.2) is 17.0 Å². The predicted molar refractivity (Wildman–Crippen MR) is 56.1 cm³/mol. The van der Waals surface area contributed by atoms with Crippen molar-refractivity contribution in [1.29, 1.82) is 0 Å². The van der Waals surface area contributed by atoms with E-state index in [0.717, 1.165) is 11.0 Å². The van der Waals surface area contributed by atoms with Gasteiger partial charge in [0.25, 0.3) is 0 Å². The van der Waals surface area contributed by atoms with Crippen LogP contribution in [-0.2, 0) is 0 Å². The molecule has 0 amide bonds. The minimum atomic E-state index is 0.455. The summed E-state index contributed by atoms with van der Waals surface area (Å²) < 4.78 is 0. The highest BCUT2D eigenvalue weighted by Gasteiger charge is 2.14. The molecule has 0 aliphatic heterocycles. The fourth-order valence-corrected chi connectivity index (χ4v) is 2.88. The van der Waals surface area contributed by atoms with Crippen molar-refractivity contribution in [1.82, 2.24) is 5.43 Å². The third kappa shape index (κ3) is 3.78. The molecule has 0 heterocycles. The van der Waals surface area contributed by atoms with Crippen LogP contribution in [0.3, 0.4) is 0 Å². The summed E-state index contributed by atoms with van der Waals surface area (Å²) in [4.78, 5) is 0. The van der Waals surface area contributed by atoms with E-state index < -0.39 is 0 Å². The van der Waals surface area contributed by atoms with Gasteiger partial charge in [-0.3, -0.25) is 11.3 Å². The van der Waals surface area contributed by atoms with E-state index in [9.17, 15) is 0 Å². The van der Waals surface area contributed by atoms with E-state index >= 15 is 0 Å². The molecule has 1 saturated carbocycles. The Kier molecular flexibility index (Phi) is 5.04. The van der Waals surface area contributed by atoms with Gasteiger partial charge in [0, 0.05) is 17.0 Å². The van der Waals surface area contributed by atoms with Crippen LogP contribution in [0.4, 0.5) is 0 Å². The average molecular weight is 188 g/mol. The summed E-state index contributed by atoms with van der Waals surface area (Å²) in [7, 11) is 0. The van der Waals surface area contributed by atoms with E-state index in [2.05, 4.69) is 24.1 Å². The van der Waals surface area contributed by atoms with Gasteiger partial charge < -0.3 is 0 Å². The van der Waals surface area contributed by atoms with E-state index in [1.165, 1.54) is 32.1 Å². The zero-order chi connectivity index (χ0) is 8.81. The molecule has 12 heavy (non-hydrogen) atoms. The van der Waals surface area contributed by atoms with E-state index in [1.54, 1.807) is 0 Å². The number of hydrogen-bond donors (Lipinski definition) is 2. The summed E-state index contributed by atoms with van der Waals surface area (Å²) in [5.41, 5.74) is 2.78. The number of nitrogens with one attached hydrogen (secondary N) is 1. The van der Waals surface area contributed by atoms with Gasteiger partial charge in [0.15, 0.2) is 0 Å². The lowest BCUT2D eigenvalue weighted by atomic mass is 10.0. The summed E-state index contributed by atoms with van der Waals surface area (Å²) in [5, 5.41) is 0.912. The van der Waals surface area contributed by atoms with Crippen LogP contribution in [0.15, 0.2) is 0 Å². The van der Waals surface area contributed by atoms with E-state index in [1.807, 2.05) is 0 Å². The Morgan fingerprint density at radius 3 is 2.67 bits per heavy atom. The summed E-state index contributed by atoms with van der Waals surface area (Å²) in [6, 6.07) is 0.455. The van der Waals surface area contributed by atoms with E-state index in [0.29, 0.717) is 6.04 Å². The van der Waals surface area contributed by atoms with Crippen molar-refractivity contribution in [2.24, 2.45) is 5.84 Å². The zero-order valence-electron chi connectivity index (χ0n) is 7.88. The lowest BCUT2D eigenvalue weighted by molar-refractivity contribution is 0.514. The van der Waals surface area contributed by atoms with Gasteiger partial charge >= 0.3 is 0 Å². The van der Waals surface area contributed by atoms with Crippen LogP contribution in [0.25, 0.3) is 0 Å². The molecule has 0 aromatic rings. The van der Waals surface area contributed by atoms with Gasteiger partial charge in [-0.25, -0.2) is 0 Å². The van der Waals surface area contributed by atoms with Crippen LogP contribution >= 0.6 is 11.8 Å². The highest BCUT2D eigenvalue weighted by Crippen LogP contribution is 2.28. The van der Waals surface area contributed by atoms with Gasteiger partial charge in [-0.2, -0.15) is 11.8 Å². The van der Waals surface area contributed by atoms with Gasteiger partial charge in [0.05, 0.1) is 0 Å². The highest BCUT2D eigenvalue weighted by atomic mass is 32.2. The first kappa shape index (κ1) is 10.4. The topological polar surface area (TPSA) is 38.0 Å². The molecule has 1 aliphatic carbocycles. The van der Waals surface area contributed by atoms with Crippen molar-refractivity contribution in [3.05, 3.63) is 0 Å². The standard InChI is InChI=1S/C9H20N2S/c1-8(11-10)7-12-9-5-3-2-4-6-9/h8-9,11H,2-7,10H2,1H3. The zero-order valence-corrected chi connectivity index (χ0v) is 8.70. The van der Waals surface area contributed by atoms with Crippen molar-refractivity contribution in [2.45, 2.75) is 50.3 Å². The lowest BCUT2D eigenvalue weighted by Crippen LogP contribution is -2.34. The Morgan fingerprint density at radius 2 is 2.08 bits per heavy atom. The summed E-state index contributed by atoms with van der Waals surface area (Å²) in [6.07, 6.45) is 7.15.